The number of esters is 1. The van der Waals surface area contributed by atoms with Crippen LogP contribution in [0.5, 0.6) is 0 Å². The quantitative estimate of drug-likeness (QED) is 0.403. The van der Waals surface area contributed by atoms with E-state index in [4.69, 9.17) is 9.47 Å². The molecule has 2 heterocycles. The minimum Gasteiger partial charge on any atom is -0.434 e. The van der Waals surface area contributed by atoms with Gasteiger partial charge in [-0.15, -0.1) is 0 Å². The lowest BCUT2D eigenvalue weighted by Crippen LogP contribution is -2.61. The van der Waals surface area contributed by atoms with Crippen LogP contribution in [-0.2, 0) is 19.1 Å². The van der Waals surface area contributed by atoms with Gasteiger partial charge in [-0.1, -0.05) is 19.9 Å². The van der Waals surface area contributed by atoms with E-state index >= 15 is 0 Å². The van der Waals surface area contributed by atoms with Gasteiger partial charge in [-0.05, 0) is 23.3 Å². The Morgan fingerprint density at radius 1 is 1.35 bits per heavy atom. The molecule has 20 heavy (non-hydrogen) atoms. The highest BCUT2D eigenvalue weighted by molar-refractivity contribution is 6.07. The third-order valence-electron chi connectivity index (χ3n) is 5.90. The molecule has 4 rings (SSSR count). The molecule has 108 valence electrons. The van der Waals surface area contributed by atoms with Crippen LogP contribution in [0.15, 0.2) is 11.6 Å². The van der Waals surface area contributed by atoms with Gasteiger partial charge < -0.3 is 14.6 Å². The molecule has 0 unspecified atom stereocenters. The van der Waals surface area contributed by atoms with E-state index in [1.54, 1.807) is 0 Å². The molecule has 3 fully saturated rings. The molecule has 1 N–H and O–H groups in total. The van der Waals surface area contributed by atoms with Crippen molar-refractivity contribution in [3.63, 3.8) is 0 Å². The van der Waals surface area contributed by atoms with Crippen LogP contribution >= 0.6 is 0 Å². The van der Waals surface area contributed by atoms with Crippen molar-refractivity contribution in [2.75, 3.05) is 6.61 Å². The Labute approximate surface area is 116 Å². The third-order valence-corrected chi connectivity index (χ3v) is 5.90. The summed E-state index contributed by atoms with van der Waals surface area (Å²) in [7, 11) is 0. The SMILES string of the molecule is CC1(C)[C@H](O)CC(=O)[C@@]23C(=O)O[C@H]4OCC(=CC[C@@H]12)[C@H]43. The molecule has 5 atom stereocenters. The van der Waals surface area contributed by atoms with Gasteiger partial charge >= 0.3 is 5.97 Å². The second-order valence-corrected chi connectivity index (χ2v) is 6.96. The average molecular weight is 278 g/mol. The average Bonchev–Trinajstić information content (AvgIpc) is 2.91. The number of carbonyl (C=O) groups excluding carboxylic acids is 2. The molecule has 0 radical (unpaired) electrons. The van der Waals surface area contributed by atoms with Crippen LogP contribution in [0.1, 0.15) is 26.7 Å². The summed E-state index contributed by atoms with van der Waals surface area (Å²) in [5.41, 5.74) is -0.613. The Bertz CT molecular complexity index is 548. The zero-order chi connectivity index (χ0) is 14.3. The first kappa shape index (κ1) is 12.5. The van der Waals surface area contributed by atoms with Gasteiger partial charge in [0.25, 0.3) is 0 Å². The maximum atomic E-state index is 12.7. The van der Waals surface area contributed by atoms with Gasteiger partial charge in [0.1, 0.15) is 5.41 Å². The number of aliphatic hydroxyl groups is 1. The van der Waals surface area contributed by atoms with Crippen LogP contribution < -0.4 is 0 Å². The summed E-state index contributed by atoms with van der Waals surface area (Å²) in [6.45, 7) is 4.31. The summed E-state index contributed by atoms with van der Waals surface area (Å²) in [5.74, 6) is -1.14. The smallest absolute Gasteiger partial charge is 0.323 e. The molecule has 0 aromatic rings. The monoisotopic (exact) mass is 278 g/mol. The van der Waals surface area contributed by atoms with Crippen LogP contribution in [0.2, 0.25) is 0 Å². The predicted octanol–water partition coefficient (Wildman–Crippen LogP) is 0.808. The lowest BCUT2D eigenvalue weighted by molar-refractivity contribution is -0.175. The third kappa shape index (κ3) is 1.13. The van der Waals surface area contributed by atoms with Crippen LogP contribution in [0.25, 0.3) is 0 Å². The normalized spacial score (nSPS) is 48.5. The Morgan fingerprint density at radius 3 is 2.85 bits per heavy atom. The summed E-state index contributed by atoms with van der Waals surface area (Å²) in [5, 5.41) is 10.3. The van der Waals surface area contributed by atoms with Crippen molar-refractivity contribution in [2.24, 2.45) is 22.7 Å². The molecular formula is C15H18O5. The van der Waals surface area contributed by atoms with Crippen LogP contribution in [0, 0.1) is 22.7 Å². The number of ketones is 1. The highest BCUT2D eigenvalue weighted by atomic mass is 16.7. The molecule has 5 heteroatoms. The number of hydrogen-bond acceptors (Lipinski definition) is 5. The van der Waals surface area contributed by atoms with E-state index < -0.39 is 29.2 Å². The largest absolute Gasteiger partial charge is 0.434 e. The van der Waals surface area contributed by atoms with Crippen molar-refractivity contribution >= 4 is 11.8 Å². The molecule has 2 saturated heterocycles. The molecule has 2 aliphatic heterocycles. The van der Waals surface area contributed by atoms with Gasteiger partial charge in [-0.2, -0.15) is 0 Å². The number of aliphatic hydroxyl groups excluding tert-OH is 1. The second kappa shape index (κ2) is 3.52. The first-order chi connectivity index (χ1) is 9.40. The molecule has 4 aliphatic rings. The fraction of sp³-hybridized carbons (Fsp3) is 0.733. The Morgan fingerprint density at radius 2 is 2.10 bits per heavy atom. The van der Waals surface area contributed by atoms with Gasteiger partial charge in [-0.25, -0.2) is 0 Å². The van der Waals surface area contributed by atoms with Crippen molar-refractivity contribution in [1.29, 1.82) is 0 Å². The molecule has 5 nitrogen and oxygen atoms in total. The summed E-state index contributed by atoms with van der Waals surface area (Å²) in [6.07, 6.45) is 1.38. The van der Waals surface area contributed by atoms with Crippen molar-refractivity contribution in [1.82, 2.24) is 0 Å². The van der Waals surface area contributed by atoms with Crippen LogP contribution in [-0.4, -0.2) is 35.9 Å². The molecule has 0 aromatic carbocycles. The minimum absolute atomic E-state index is 0.0229. The zero-order valence-corrected chi connectivity index (χ0v) is 11.6. The van der Waals surface area contributed by atoms with Gasteiger partial charge in [0.2, 0.25) is 6.29 Å². The Balaban J connectivity index is 1.95. The van der Waals surface area contributed by atoms with E-state index in [2.05, 4.69) is 6.08 Å². The lowest BCUT2D eigenvalue weighted by atomic mass is 9.47. The Hall–Kier alpha value is -1.20. The molecule has 0 aromatic heterocycles. The van der Waals surface area contributed by atoms with Gasteiger partial charge in [0.15, 0.2) is 5.78 Å². The number of Topliss-reactive ketones (excluding diaryl/α,β-unsaturated/α-hetero) is 1. The number of hydrogen-bond donors (Lipinski definition) is 1. The van der Waals surface area contributed by atoms with Gasteiger partial charge in [0, 0.05) is 6.42 Å². The van der Waals surface area contributed by atoms with E-state index in [1.807, 2.05) is 13.8 Å². The Kier molecular flexibility index (Phi) is 2.20. The van der Waals surface area contributed by atoms with E-state index in [9.17, 15) is 14.7 Å². The first-order valence-corrected chi connectivity index (χ1v) is 7.13. The number of rotatable bonds is 0. The summed E-state index contributed by atoms with van der Waals surface area (Å²) < 4.78 is 10.9. The molecule has 1 saturated carbocycles. The standard InChI is InChI=1S/C15H18O5/c1-14(2)8-4-3-7-6-19-12-11(7)15(8,13(18)20-12)10(17)5-9(14)16/h3,8-9,11-12,16H,4-6H2,1-2H3/t8-,9+,11+,12+,15-/m0/s1. The number of ether oxygens (including phenoxy) is 2. The fourth-order valence-electron chi connectivity index (χ4n) is 4.69. The molecule has 2 aliphatic carbocycles. The number of carbonyl (C=O) groups is 2. The molecule has 0 bridgehead atoms. The fourth-order valence-corrected chi connectivity index (χ4v) is 4.69. The van der Waals surface area contributed by atoms with E-state index in [0.29, 0.717) is 13.0 Å². The highest BCUT2D eigenvalue weighted by Gasteiger charge is 2.74. The van der Waals surface area contributed by atoms with E-state index in [-0.39, 0.29) is 24.0 Å². The second-order valence-electron chi connectivity index (χ2n) is 6.96. The molecular weight excluding hydrogens is 260 g/mol. The predicted molar refractivity (Wildman–Crippen MR) is 67.4 cm³/mol. The lowest BCUT2D eigenvalue weighted by Gasteiger charge is -2.53. The van der Waals surface area contributed by atoms with Crippen molar-refractivity contribution in [2.45, 2.75) is 39.1 Å². The number of allylic oxidation sites excluding steroid dienone is 1. The highest BCUT2D eigenvalue weighted by Crippen LogP contribution is 2.64. The summed E-state index contributed by atoms with van der Waals surface area (Å²) in [6, 6.07) is 0. The van der Waals surface area contributed by atoms with Gasteiger partial charge in [0.05, 0.1) is 18.6 Å². The zero-order valence-electron chi connectivity index (χ0n) is 11.6. The van der Waals surface area contributed by atoms with E-state index in [0.717, 1.165) is 5.57 Å². The topological polar surface area (TPSA) is 72.8 Å². The van der Waals surface area contributed by atoms with Crippen LogP contribution in [0.4, 0.5) is 0 Å². The first-order valence-electron chi connectivity index (χ1n) is 7.13. The van der Waals surface area contributed by atoms with Crippen molar-refractivity contribution in [3.05, 3.63) is 11.6 Å². The molecule has 0 amide bonds. The van der Waals surface area contributed by atoms with Crippen LogP contribution in [0.3, 0.4) is 0 Å². The maximum Gasteiger partial charge on any atom is 0.323 e. The van der Waals surface area contributed by atoms with Crippen molar-refractivity contribution in [3.8, 4) is 0 Å². The van der Waals surface area contributed by atoms with E-state index in [1.165, 1.54) is 0 Å². The summed E-state index contributed by atoms with van der Waals surface area (Å²) in [4.78, 5) is 25.2. The summed E-state index contributed by atoms with van der Waals surface area (Å²) >= 11 is 0. The maximum absolute atomic E-state index is 12.7. The van der Waals surface area contributed by atoms with Gasteiger partial charge in [-0.3, -0.25) is 9.59 Å². The molecule has 1 spiro atoms. The van der Waals surface area contributed by atoms with Crippen molar-refractivity contribution < 1.29 is 24.2 Å². The minimum atomic E-state index is -1.13.